The lowest BCUT2D eigenvalue weighted by Gasteiger charge is -2.65. The molecule has 0 amide bonds. The summed E-state index contributed by atoms with van der Waals surface area (Å²) in [7, 11) is 0. The van der Waals surface area contributed by atoms with Crippen molar-refractivity contribution in [2.75, 3.05) is 0 Å². The van der Waals surface area contributed by atoms with E-state index in [1.54, 1.807) is 6.07 Å². The smallest absolute Gasteiger partial charge is 0.124 e. The van der Waals surface area contributed by atoms with E-state index < -0.39 is 0 Å². The quantitative estimate of drug-likeness (QED) is 0.453. The van der Waals surface area contributed by atoms with Crippen LogP contribution in [0.3, 0.4) is 0 Å². The molecule has 4 aliphatic carbocycles. The van der Waals surface area contributed by atoms with Crippen LogP contribution in [0, 0.1) is 16.7 Å². The summed E-state index contributed by atoms with van der Waals surface area (Å²) in [6.07, 6.45) is 8.06. The van der Waals surface area contributed by atoms with Gasteiger partial charge >= 0.3 is 0 Å². The van der Waals surface area contributed by atoms with Crippen LogP contribution >= 0.6 is 34.8 Å². The van der Waals surface area contributed by atoms with Crippen molar-refractivity contribution >= 4 is 34.8 Å². The molecular weight excluding hydrogens is 449 g/mol. The second-order valence-electron chi connectivity index (χ2n) is 11.1. The van der Waals surface area contributed by atoms with Crippen molar-refractivity contribution in [2.24, 2.45) is 16.7 Å². The first-order valence-electron chi connectivity index (χ1n) is 11.3. The zero-order chi connectivity index (χ0) is 21.9. The third-order valence-corrected chi connectivity index (χ3v) is 8.66. The number of ether oxygens (including phenoxy) is 1. The van der Waals surface area contributed by atoms with Crippen molar-refractivity contribution in [3.63, 3.8) is 0 Å². The molecule has 2 aromatic carbocycles. The van der Waals surface area contributed by atoms with Crippen LogP contribution in [-0.4, -0.2) is 5.54 Å². The third kappa shape index (κ3) is 4.47. The fraction of sp³-hybridized carbons (Fsp3) is 0.538. The Bertz CT molecular complexity index is 988. The van der Waals surface area contributed by atoms with E-state index in [2.05, 4.69) is 19.2 Å². The molecule has 5 heteroatoms. The number of hydrogen-bond acceptors (Lipinski definition) is 2. The van der Waals surface area contributed by atoms with E-state index in [0.717, 1.165) is 34.4 Å². The average molecular weight is 479 g/mol. The lowest BCUT2D eigenvalue weighted by atomic mass is 9.43. The molecule has 31 heavy (non-hydrogen) atoms. The highest BCUT2D eigenvalue weighted by Gasteiger charge is 2.59. The number of halogens is 3. The van der Waals surface area contributed by atoms with Gasteiger partial charge in [-0.1, -0.05) is 54.7 Å². The molecule has 0 radical (unpaired) electrons. The Labute approximate surface area is 200 Å². The number of hydrogen-bond donors (Lipinski definition) is 1. The highest BCUT2D eigenvalue weighted by molar-refractivity contribution is 6.42. The fourth-order valence-electron chi connectivity index (χ4n) is 7.55. The Balaban J connectivity index is 1.32. The van der Waals surface area contributed by atoms with Gasteiger partial charge in [0.05, 0.1) is 10.0 Å². The number of benzene rings is 2. The van der Waals surface area contributed by atoms with Gasteiger partial charge in [0.15, 0.2) is 0 Å². The van der Waals surface area contributed by atoms with Gasteiger partial charge in [0.1, 0.15) is 12.4 Å². The van der Waals surface area contributed by atoms with E-state index in [0.29, 0.717) is 27.5 Å². The van der Waals surface area contributed by atoms with E-state index in [4.69, 9.17) is 39.5 Å². The lowest BCUT2D eigenvalue weighted by molar-refractivity contribution is -0.118. The van der Waals surface area contributed by atoms with Crippen LogP contribution in [0.4, 0.5) is 0 Å². The van der Waals surface area contributed by atoms with Crippen molar-refractivity contribution in [3.8, 4) is 5.75 Å². The van der Waals surface area contributed by atoms with E-state index in [-0.39, 0.29) is 5.54 Å². The van der Waals surface area contributed by atoms with E-state index in [1.165, 1.54) is 38.5 Å². The van der Waals surface area contributed by atoms with Gasteiger partial charge in [0.25, 0.3) is 0 Å². The van der Waals surface area contributed by atoms with E-state index in [9.17, 15) is 0 Å². The van der Waals surface area contributed by atoms with Crippen molar-refractivity contribution in [2.45, 2.75) is 71.1 Å². The molecule has 166 valence electrons. The minimum Gasteiger partial charge on any atom is -0.489 e. The first-order chi connectivity index (χ1) is 14.6. The zero-order valence-electron chi connectivity index (χ0n) is 18.2. The molecular formula is C26H30Cl3NO. The molecule has 0 saturated heterocycles. The zero-order valence-corrected chi connectivity index (χ0v) is 20.5. The Morgan fingerprint density at radius 2 is 1.65 bits per heavy atom. The topological polar surface area (TPSA) is 21.3 Å². The Kier molecular flexibility index (Phi) is 5.53. The van der Waals surface area contributed by atoms with Gasteiger partial charge in [-0.25, -0.2) is 0 Å². The molecule has 2 aromatic rings. The Morgan fingerprint density at radius 3 is 2.32 bits per heavy atom. The van der Waals surface area contributed by atoms with Crippen molar-refractivity contribution in [1.29, 1.82) is 0 Å². The van der Waals surface area contributed by atoms with Crippen LogP contribution in [-0.2, 0) is 13.2 Å². The Morgan fingerprint density at radius 1 is 0.903 bits per heavy atom. The number of nitrogens with one attached hydrogen (secondary N) is 1. The van der Waals surface area contributed by atoms with Crippen LogP contribution in [0.5, 0.6) is 5.75 Å². The van der Waals surface area contributed by atoms with Gasteiger partial charge in [-0.3, -0.25) is 0 Å². The second kappa shape index (κ2) is 7.83. The minimum absolute atomic E-state index is 0.242. The first kappa shape index (κ1) is 21.9. The van der Waals surface area contributed by atoms with E-state index >= 15 is 0 Å². The predicted octanol–water partition coefficient (Wildman–Crippen LogP) is 8.06. The van der Waals surface area contributed by atoms with Crippen molar-refractivity contribution < 1.29 is 4.74 Å². The van der Waals surface area contributed by atoms with Crippen molar-refractivity contribution in [1.82, 2.24) is 5.32 Å². The SMILES string of the molecule is CC12CC3CC(C)(C1)CC(NCc1cc(Cl)ccc1OCc1ccc(Cl)c(Cl)c1)(C3)C2. The highest BCUT2D eigenvalue weighted by Crippen LogP contribution is 2.66. The van der Waals surface area contributed by atoms with Crippen LogP contribution in [0.2, 0.25) is 15.1 Å². The molecule has 0 aromatic heterocycles. The molecule has 6 rings (SSSR count). The number of rotatable bonds is 6. The summed E-state index contributed by atoms with van der Waals surface area (Å²) in [5.41, 5.74) is 3.32. The molecule has 1 N–H and O–H groups in total. The standard InChI is InChI=1S/C26H30Cl3NO/c1-24-9-18-10-25(2,14-24)16-26(11-18,15-24)30-12-19-8-20(27)4-6-23(19)31-13-17-3-5-21(28)22(29)7-17/h3-8,18,30H,9-16H2,1-2H3. The van der Waals surface area contributed by atoms with E-state index in [1.807, 2.05) is 30.3 Å². The third-order valence-electron chi connectivity index (χ3n) is 7.68. The molecule has 2 atom stereocenters. The van der Waals surface area contributed by atoms with Crippen molar-refractivity contribution in [3.05, 3.63) is 62.6 Å². The average Bonchev–Trinajstić information content (AvgIpc) is 2.65. The van der Waals surface area contributed by atoms with Crippen LogP contribution in [0.1, 0.15) is 63.5 Å². The highest BCUT2D eigenvalue weighted by atomic mass is 35.5. The molecule has 4 bridgehead atoms. The molecule has 0 spiro atoms. The van der Waals surface area contributed by atoms with Crippen LogP contribution in [0.25, 0.3) is 0 Å². The maximum absolute atomic E-state index is 6.36. The Hall–Kier alpha value is -0.930. The summed E-state index contributed by atoms with van der Waals surface area (Å²) >= 11 is 18.5. The molecule has 4 fully saturated rings. The molecule has 2 nitrogen and oxygen atoms in total. The van der Waals surface area contributed by atoms with Gasteiger partial charge in [0.2, 0.25) is 0 Å². The summed E-state index contributed by atoms with van der Waals surface area (Å²) in [6, 6.07) is 11.5. The fourth-order valence-corrected chi connectivity index (χ4v) is 8.06. The summed E-state index contributed by atoms with van der Waals surface area (Å²) in [5, 5.41) is 5.84. The molecule has 4 saturated carbocycles. The van der Waals surface area contributed by atoms with Gasteiger partial charge in [-0.15, -0.1) is 0 Å². The van der Waals surface area contributed by atoms with Gasteiger partial charge < -0.3 is 10.1 Å². The largest absolute Gasteiger partial charge is 0.489 e. The monoisotopic (exact) mass is 477 g/mol. The molecule has 2 unspecified atom stereocenters. The maximum Gasteiger partial charge on any atom is 0.124 e. The van der Waals surface area contributed by atoms with Gasteiger partial charge in [-0.05, 0) is 91.2 Å². The normalized spacial score (nSPS) is 33.6. The maximum atomic E-state index is 6.36. The molecule has 0 heterocycles. The van der Waals surface area contributed by atoms with Gasteiger partial charge in [-0.2, -0.15) is 0 Å². The van der Waals surface area contributed by atoms with Crippen LogP contribution in [0.15, 0.2) is 36.4 Å². The summed E-state index contributed by atoms with van der Waals surface area (Å²) in [6.45, 7) is 6.24. The minimum atomic E-state index is 0.242. The summed E-state index contributed by atoms with van der Waals surface area (Å²) in [4.78, 5) is 0. The molecule has 4 aliphatic rings. The second-order valence-corrected chi connectivity index (χ2v) is 12.3. The van der Waals surface area contributed by atoms with Gasteiger partial charge in [0, 0.05) is 22.7 Å². The van der Waals surface area contributed by atoms with Crippen LogP contribution < -0.4 is 10.1 Å². The lowest BCUT2D eigenvalue weighted by Crippen LogP contribution is -2.63. The first-order valence-corrected chi connectivity index (χ1v) is 12.4. The molecule has 0 aliphatic heterocycles. The summed E-state index contributed by atoms with van der Waals surface area (Å²) < 4.78 is 6.18. The predicted molar refractivity (Wildman–Crippen MR) is 129 cm³/mol. The summed E-state index contributed by atoms with van der Waals surface area (Å²) in [5.74, 6) is 1.73.